The van der Waals surface area contributed by atoms with Crippen LogP contribution in [0.1, 0.15) is 13.8 Å². The number of benzene rings is 1. The van der Waals surface area contributed by atoms with E-state index >= 15 is 0 Å². The largest absolute Gasteiger partial charge is 0.378 e. The van der Waals surface area contributed by atoms with Crippen LogP contribution >= 0.6 is 0 Å². The molecule has 0 amide bonds. The zero-order valence-corrected chi connectivity index (χ0v) is 11.2. The Kier molecular flexibility index (Phi) is 3.44. The molecule has 6 heteroatoms. The third kappa shape index (κ3) is 2.28. The van der Waals surface area contributed by atoms with Crippen molar-refractivity contribution in [3.8, 4) is 0 Å². The highest BCUT2D eigenvalue weighted by molar-refractivity contribution is 7.89. The molecule has 0 atom stereocenters. The Morgan fingerprint density at radius 1 is 1.33 bits per heavy atom. The van der Waals surface area contributed by atoms with Gasteiger partial charge in [-0.1, -0.05) is 12.1 Å². The molecular weight excluding hydrogens is 257 g/mol. The summed E-state index contributed by atoms with van der Waals surface area (Å²) in [7, 11) is -3.82. The minimum atomic E-state index is -3.82. The predicted molar refractivity (Wildman–Crippen MR) is 65.2 cm³/mol. The van der Waals surface area contributed by atoms with Crippen LogP contribution in [0.4, 0.5) is 4.39 Å². The first-order valence-corrected chi connectivity index (χ1v) is 7.15. The maximum atomic E-state index is 13.7. The molecule has 0 unspecified atom stereocenters. The number of sulfonamides is 1. The second kappa shape index (κ2) is 4.60. The summed E-state index contributed by atoms with van der Waals surface area (Å²) in [6.45, 7) is 4.41. The molecule has 1 heterocycles. The van der Waals surface area contributed by atoms with E-state index in [1.165, 1.54) is 22.5 Å². The van der Waals surface area contributed by atoms with Crippen LogP contribution in [0.3, 0.4) is 0 Å². The first-order chi connectivity index (χ1) is 8.36. The second-order valence-corrected chi connectivity index (χ2v) is 6.70. The maximum Gasteiger partial charge on any atom is 0.246 e. The van der Waals surface area contributed by atoms with Crippen molar-refractivity contribution in [2.24, 2.45) is 0 Å². The molecule has 0 bridgehead atoms. The van der Waals surface area contributed by atoms with Crippen LogP contribution in [0.25, 0.3) is 0 Å². The van der Waals surface area contributed by atoms with Crippen molar-refractivity contribution in [1.29, 1.82) is 0 Å². The maximum absolute atomic E-state index is 13.7. The van der Waals surface area contributed by atoms with Gasteiger partial charge in [0.15, 0.2) is 0 Å². The molecule has 1 aromatic rings. The van der Waals surface area contributed by atoms with Crippen molar-refractivity contribution >= 4 is 10.0 Å². The molecule has 0 N–H and O–H groups in total. The predicted octanol–water partition coefficient (Wildman–Crippen LogP) is 1.63. The lowest BCUT2D eigenvalue weighted by molar-refractivity contribution is -0.00779. The molecule has 1 aromatic carbocycles. The van der Waals surface area contributed by atoms with Gasteiger partial charge in [0.25, 0.3) is 0 Å². The quantitative estimate of drug-likeness (QED) is 0.822. The fourth-order valence-corrected chi connectivity index (χ4v) is 3.88. The summed E-state index contributed by atoms with van der Waals surface area (Å²) < 4.78 is 45.1. The van der Waals surface area contributed by atoms with Gasteiger partial charge < -0.3 is 4.74 Å². The van der Waals surface area contributed by atoms with E-state index in [2.05, 4.69) is 0 Å². The third-order valence-electron chi connectivity index (χ3n) is 2.97. The molecule has 0 aromatic heterocycles. The van der Waals surface area contributed by atoms with Crippen molar-refractivity contribution in [3.63, 3.8) is 0 Å². The van der Waals surface area contributed by atoms with Crippen LogP contribution in [-0.4, -0.2) is 38.0 Å². The lowest BCUT2D eigenvalue weighted by Gasteiger charge is -2.40. The van der Waals surface area contributed by atoms with Crippen LogP contribution in [0.5, 0.6) is 0 Å². The normalized spacial score (nSPS) is 20.8. The minimum absolute atomic E-state index is 0.240. The van der Waals surface area contributed by atoms with E-state index in [4.69, 9.17) is 4.74 Å². The van der Waals surface area contributed by atoms with Crippen LogP contribution in [-0.2, 0) is 14.8 Å². The van der Waals surface area contributed by atoms with Gasteiger partial charge >= 0.3 is 0 Å². The van der Waals surface area contributed by atoms with Gasteiger partial charge in [0.05, 0.1) is 18.8 Å². The first-order valence-electron chi connectivity index (χ1n) is 5.71. The molecule has 18 heavy (non-hydrogen) atoms. The number of morpholine rings is 1. The third-order valence-corrected chi connectivity index (χ3v) is 5.12. The molecule has 0 radical (unpaired) electrons. The molecule has 1 aliphatic heterocycles. The first kappa shape index (κ1) is 13.5. The summed E-state index contributed by atoms with van der Waals surface area (Å²) in [5.74, 6) is -0.722. The van der Waals surface area contributed by atoms with E-state index in [0.29, 0.717) is 13.2 Å². The highest BCUT2D eigenvalue weighted by Gasteiger charge is 2.40. The van der Waals surface area contributed by atoms with Crippen molar-refractivity contribution in [2.75, 3.05) is 19.8 Å². The van der Waals surface area contributed by atoms with Crippen LogP contribution in [0.2, 0.25) is 0 Å². The standard InChI is InChI=1S/C12H16FNO3S/c1-12(2)9-17-8-7-14(12)18(15,16)11-6-4-3-5-10(11)13/h3-6H,7-9H2,1-2H3. The van der Waals surface area contributed by atoms with Crippen molar-refractivity contribution < 1.29 is 17.5 Å². The van der Waals surface area contributed by atoms with Crippen LogP contribution in [0, 0.1) is 5.82 Å². The highest BCUT2D eigenvalue weighted by atomic mass is 32.2. The van der Waals surface area contributed by atoms with Crippen molar-refractivity contribution in [2.45, 2.75) is 24.3 Å². The molecule has 1 saturated heterocycles. The minimum Gasteiger partial charge on any atom is -0.378 e. The number of hydrogen-bond donors (Lipinski definition) is 0. The van der Waals surface area contributed by atoms with Gasteiger partial charge in [-0.15, -0.1) is 0 Å². The van der Waals surface area contributed by atoms with E-state index < -0.39 is 21.4 Å². The second-order valence-electron chi connectivity index (χ2n) is 4.87. The number of rotatable bonds is 2. The molecule has 4 nitrogen and oxygen atoms in total. The van der Waals surface area contributed by atoms with E-state index in [9.17, 15) is 12.8 Å². The summed E-state index contributed by atoms with van der Waals surface area (Å²) in [5.41, 5.74) is -0.667. The van der Waals surface area contributed by atoms with Gasteiger partial charge in [-0.2, -0.15) is 4.31 Å². The van der Waals surface area contributed by atoms with Crippen molar-refractivity contribution in [3.05, 3.63) is 30.1 Å². The summed E-state index contributed by atoms with van der Waals surface area (Å²) in [4.78, 5) is -0.278. The summed E-state index contributed by atoms with van der Waals surface area (Å²) in [6.07, 6.45) is 0. The van der Waals surface area contributed by atoms with Crippen LogP contribution < -0.4 is 0 Å². The highest BCUT2D eigenvalue weighted by Crippen LogP contribution is 2.28. The number of nitrogens with zero attached hydrogens (tertiary/aromatic N) is 1. The van der Waals surface area contributed by atoms with E-state index in [-0.39, 0.29) is 11.4 Å². The molecular formula is C12H16FNO3S. The average molecular weight is 273 g/mol. The Hall–Kier alpha value is -0.980. The Morgan fingerprint density at radius 2 is 2.00 bits per heavy atom. The summed E-state index contributed by atoms with van der Waals surface area (Å²) in [6, 6.07) is 5.43. The topological polar surface area (TPSA) is 46.6 Å². The molecule has 0 aliphatic carbocycles. The van der Waals surface area contributed by atoms with E-state index in [1.807, 2.05) is 0 Å². The fourth-order valence-electron chi connectivity index (χ4n) is 2.06. The lowest BCUT2D eigenvalue weighted by atomic mass is 10.1. The van der Waals surface area contributed by atoms with Crippen molar-refractivity contribution in [1.82, 2.24) is 4.31 Å². The summed E-state index contributed by atoms with van der Waals surface area (Å²) >= 11 is 0. The van der Waals surface area contributed by atoms with Gasteiger partial charge in [-0.3, -0.25) is 0 Å². The molecule has 0 saturated carbocycles. The molecule has 2 rings (SSSR count). The van der Waals surface area contributed by atoms with Gasteiger partial charge in [-0.05, 0) is 26.0 Å². The lowest BCUT2D eigenvalue weighted by Crippen LogP contribution is -2.55. The fraction of sp³-hybridized carbons (Fsp3) is 0.500. The van der Waals surface area contributed by atoms with Gasteiger partial charge in [0, 0.05) is 6.54 Å². The zero-order valence-electron chi connectivity index (χ0n) is 10.4. The number of ether oxygens (including phenoxy) is 1. The van der Waals surface area contributed by atoms with Gasteiger partial charge in [-0.25, -0.2) is 12.8 Å². The van der Waals surface area contributed by atoms with Crippen LogP contribution in [0.15, 0.2) is 29.2 Å². The van der Waals surface area contributed by atoms with Gasteiger partial charge in [0.1, 0.15) is 10.7 Å². The Labute approximate surface area is 106 Å². The smallest absolute Gasteiger partial charge is 0.246 e. The molecule has 0 spiro atoms. The number of halogens is 1. The monoisotopic (exact) mass is 273 g/mol. The zero-order chi connectivity index (χ0) is 13.4. The molecule has 1 aliphatic rings. The van der Waals surface area contributed by atoms with E-state index in [0.717, 1.165) is 6.07 Å². The molecule has 1 fully saturated rings. The Bertz CT molecular complexity index is 542. The van der Waals surface area contributed by atoms with E-state index in [1.54, 1.807) is 13.8 Å². The van der Waals surface area contributed by atoms with Gasteiger partial charge in [0.2, 0.25) is 10.0 Å². The Morgan fingerprint density at radius 3 is 2.61 bits per heavy atom. The SMILES string of the molecule is CC1(C)COCCN1S(=O)(=O)c1ccccc1F. The summed E-state index contributed by atoms with van der Waals surface area (Å²) in [5, 5.41) is 0. The average Bonchev–Trinajstić information content (AvgIpc) is 2.28. The number of hydrogen-bond acceptors (Lipinski definition) is 3. The molecule has 100 valence electrons. The Balaban J connectivity index is 2.46.